The number of nitrogens with one attached hydrogen (secondary N) is 1. The van der Waals surface area contributed by atoms with E-state index in [0.717, 1.165) is 30.3 Å². The molecule has 0 radical (unpaired) electrons. The Kier molecular flexibility index (Phi) is 18.9. The third-order valence-electron chi connectivity index (χ3n) is 10.2. The van der Waals surface area contributed by atoms with E-state index in [4.69, 9.17) is 22.9 Å². The van der Waals surface area contributed by atoms with Crippen LogP contribution in [0.25, 0.3) is 21.5 Å². The van der Waals surface area contributed by atoms with E-state index >= 15 is 0 Å². The number of nitrogens with zero attached hydrogens (tertiary/aromatic N) is 8. The van der Waals surface area contributed by atoms with Crippen molar-refractivity contribution in [3.05, 3.63) is 127 Å². The first kappa shape index (κ1) is 58.9. The third-order valence-corrected chi connectivity index (χ3v) is 12.8. The molecule has 0 amide bonds. The zero-order chi connectivity index (χ0) is 51.0. The number of hydrogen-bond donors (Lipinski definition) is 7. The molecule has 0 atom stereocenters. The van der Waals surface area contributed by atoms with E-state index in [1.807, 2.05) is 0 Å². The number of hydrogen-bond acceptors (Lipinski definition) is 22. The molecule has 8 rings (SSSR count). The van der Waals surface area contributed by atoms with E-state index in [1.165, 1.54) is 78.9 Å². The second-order valence-corrected chi connectivity index (χ2v) is 19.2. The average Bonchev–Trinajstić information content (AvgIpc) is 3.30. The second-order valence-electron chi connectivity index (χ2n) is 15.1. The van der Waals surface area contributed by atoms with Crippen LogP contribution in [0.15, 0.2) is 183 Å². The van der Waals surface area contributed by atoms with Crippen LogP contribution in [0.1, 0.15) is 0 Å². The summed E-state index contributed by atoms with van der Waals surface area (Å²) in [5.74, 6) is -2.15. The van der Waals surface area contributed by atoms with Gasteiger partial charge in [0.1, 0.15) is 31.3 Å². The Morgan fingerprint density at radius 1 is 0.432 bits per heavy atom. The first-order chi connectivity index (χ1) is 33.5. The topological polar surface area (TPSA) is 427 Å². The van der Waals surface area contributed by atoms with Gasteiger partial charge in [0.05, 0.1) is 56.1 Å². The van der Waals surface area contributed by atoms with Gasteiger partial charge < -0.3 is 43.0 Å². The number of fused-ring (bicyclic) bond motifs is 2. The maximum Gasteiger partial charge on any atom is 1.00 e. The van der Waals surface area contributed by atoms with E-state index in [9.17, 15) is 49.1 Å². The second kappa shape index (κ2) is 23.7. The smallest absolute Gasteiger partial charge is 0.871 e. The summed E-state index contributed by atoms with van der Waals surface area (Å²) in [6.45, 7) is 0. The van der Waals surface area contributed by atoms with Gasteiger partial charge in [-0.15, -0.1) is 20.5 Å². The van der Waals surface area contributed by atoms with E-state index < -0.39 is 67.9 Å². The summed E-state index contributed by atoms with van der Waals surface area (Å²) in [6, 6.07) is 27.9. The van der Waals surface area contributed by atoms with E-state index in [1.54, 1.807) is 18.2 Å². The molecule has 74 heavy (non-hydrogen) atoms. The van der Waals surface area contributed by atoms with Crippen LogP contribution >= 0.6 is 0 Å². The average molecular weight is 1080 g/mol. The molecule has 11 N–H and O–H groups in total. The van der Waals surface area contributed by atoms with Gasteiger partial charge in [0.15, 0.2) is 0 Å². The number of azo groups is 4. The van der Waals surface area contributed by atoms with E-state index in [2.05, 4.69) is 46.2 Å². The largest absolute Gasteiger partial charge is 1.00 e. The van der Waals surface area contributed by atoms with Gasteiger partial charge in [-0.3, -0.25) is 9.11 Å². The van der Waals surface area contributed by atoms with Crippen molar-refractivity contribution in [1.29, 1.82) is 0 Å². The molecule has 0 unspecified atom stereocenters. The van der Waals surface area contributed by atoms with Crippen molar-refractivity contribution < 1.29 is 138 Å². The molecular weight excluding hydrogens is 1050 g/mol. The van der Waals surface area contributed by atoms with Gasteiger partial charge in [-0.1, -0.05) is 23.6 Å². The molecule has 360 valence electrons. The number of nitrogen functional groups attached to an aromatic ring is 4. The Bertz CT molecular complexity index is 3990. The molecule has 0 fully saturated rings. The summed E-state index contributed by atoms with van der Waals surface area (Å²) in [5.41, 5.74) is 23.7. The van der Waals surface area contributed by atoms with Crippen molar-refractivity contribution >= 4 is 132 Å². The molecule has 24 nitrogen and oxygen atoms in total. The molecule has 0 heterocycles. The number of benzene rings is 8. The van der Waals surface area contributed by atoms with Gasteiger partial charge >= 0.3 is 88.7 Å². The van der Waals surface area contributed by atoms with Crippen LogP contribution < -0.4 is 127 Å². The van der Waals surface area contributed by atoms with Crippen LogP contribution in [0.3, 0.4) is 0 Å². The fraction of sp³-hybridized carbons (Fsp3) is 0. The quantitative estimate of drug-likeness (QED) is 0.0353. The monoisotopic (exact) mass is 1080 g/mol. The van der Waals surface area contributed by atoms with Crippen molar-refractivity contribution in [3.63, 3.8) is 0 Å². The molecule has 0 saturated heterocycles. The van der Waals surface area contributed by atoms with Crippen molar-refractivity contribution in [2.75, 3.05) is 28.3 Å². The molecule has 0 aliphatic rings. The Hall–Kier alpha value is -5.99. The van der Waals surface area contributed by atoms with Gasteiger partial charge in [0, 0.05) is 17.1 Å². The normalized spacial score (nSPS) is 12.1. The van der Waals surface area contributed by atoms with Gasteiger partial charge in [-0.25, -0.2) is 8.42 Å². The van der Waals surface area contributed by atoms with Gasteiger partial charge in [-0.2, -0.15) is 37.3 Å². The molecule has 0 aliphatic heterocycles. The molecule has 0 aromatic heterocycles. The fourth-order valence-corrected chi connectivity index (χ4v) is 8.72. The van der Waals surface area contributed by atoms with Crippen molar-refractivity contribution in [3.8, 4) is 11.5 Å². The SMILES string of the molecule is Nc1ccc(N=Nc2ccc(Nc3ccc(N=Nc4c(S(=O)(=O)O)cc5ccc(N=Nc6c(S(=O)(=O)O)cc7ccc(N=Nc8ccc(N)cc8N)cc7c6[O-])cc5c4[O-])cc3S(=O)(=O)[O-])cc2)c(N)c1.[Na+].[Na+].[Na+]. The molecule has 8 aromatic rings. The zero-order valence-electron chi connectivity index (χ0n) is 38.8. The van der Waals surface area contributed by atoms with Crippen molar-refractivity contribution in [1.82, 2.24) is 0 Å². The van der Waals surface area contributed by atoms with Gasteiger partial charge in [0.2, 0.25) is 0 Å². The predicted octanol–water partition coefficient (Wildman–Crippen LogP) is 0.284. The number of nitrogens with two attached hydrogens (primary N) is 4. The first-order valence-corrected chi connectivity index (χ1v) is 24.3. The first-order valence-electron chi connectivity index (χ1n) is 20.0. The van der Waals surface area contributed by atoms with Crippen LogP contribution in [0.4, 0.5) is 79.6 Å². The number of anilines is 6. The summed E-state index contributed by atoms with van der Waals surface area (Å²) < 4.78 is 108. The minimum Gasteiger partial charge on any atom is -0.871 e. The Morgan fingerprint density at radius 2 is 0.824 bits per heavy atom. The minimum atomic E-state index is -5.22. The predicted molar refractivity (Wildman–Crippen MR) is 258 cm³/mol. The summed E-state index contributed by atoms with van der Waals surface area (Å²) >= 11 is 0. The van der Waals surface area contributed by atoms with Crippen LogP contribution in [0, 0.1) is 0 Å². The van der Waals surface area contributed by atoms with E-state index in [0.29, 0.717) is 34.1 Å². The molecule has 0 aliphatic carbocycles. The van der Waals surface area contributed by atoms with Gasteiger partial charge in [-0.05, 0) is 137 Å². The molecule has 30 heteroatoms. The van der Waals surface area contributed by atoms with Crippen molar-refractivity contribution in [2.45, 2.75) is 14.7 Å². The van der Waals surface area contributed by atoms with Crippen LogP contribution in [0.5, 0.6) is 11.5 Å². The Morgan fingerprint density at radius 3 is 1.24 bits per heavy atom. The molecular formula is C44H32N13Na3O11S3. The molecule has 0 spiro atoms. The standard InChI is InChI=1S/C44H35N13O11S3.3Na/c45-24-3-12-35(33(47)17-24)54-50-27-9-7-26(8-10-27)49-37-14-11-30(21-38(37)69(60,61)62)53-57-42-40(71(66,67)68)16-23-2-6-29(20-32(23)44(42)59)52-56-41-39(70(63,64)65)15-22-1-5-28(19-31(22)43(41)58)51-55-36-13-4-25(46)18-34(36)48;;;/h1-21,49,58-59H,45-48H2,(H,60,61,62)(H,63,64,65)(H,66,67,68);;;/q;3*+1/p-3. The molecule has 8 aromatic carbocycles. The summed E-state index contributed by atoms with van der Waals surface area (Å²) in [7, 11) is -15.5. The number of rotatable bonds is 13. The van der Waals surface area contributed by atoms with Crippen molar-refractivity contribution in [2.24, 2.45) is 40.9 Å². The van der Waals surface area contributed by atoms with Crippen LogP contribution in [-0.2, 0) is 30.4 Å². The summed E-state index contributed by atoms with van der Waals surface area (Å²) in [4.78, 5) is -2.71. The third kappa shape index (κ3) is 13.6. The van der Waals surface area contributed by atoms with Crippen LogP contribution in [0.2, 0.25) is 0 Å². The summed E-state index contributed by atoms with van der Waals surface area (Å²) in [6.07, 6.45) is 0. The van der Waals surface area contributed by atoms with E-state index in [-0.39, 0.29) is 144 Å². The maximum atomic E-state index is 13.9. The Balaban J connectivity index is 0.00000338. The Labute approximate surface area is 486 Å². The summed E-state index contributed by atoms with van der Waals surface area (Å²) in [5, 5.41) is 61.8. The maximum absolute atomic E-state index is 13.9. The van der Waals surface area contributed by atoms with Crippen LogP contribution in [-0.4, -0.2) is 38.9 Å². The zero-order valence-corrected chi connectivity index (χ0v) is 47.3. The van der Waals surface area contributed by atoms with Gasteiger partial charge in [0.25, 0.3) is 20.2 Å². The fourth-order valence-electron chi connectivity index (χ4n) is 6.76. The molecule has 0 saturated carbocycles. The molecule has 0 bridgehead atoms. The minimum absolute atomic E-state index is 0.